The van der Waals surface area contributed by atoms with Gasteiger partial charge in [0.1, 0.15) is 0 Å². The van der Waals surface area contributed by atoms with Crippen LogP contribution >= 0.6 is 0 Å². The van der Waals surface area contributed by atoms with Crippen molar-refractivity contribution < 1.29 is 4.79 Å². The summed E-state index contributed by atoms with van der Waals surface area (Å²) < 4.78 is 0. The second-order valence-corrected chi connectivity index (χ2v) is 6.96. The van der Waals surface area contributed by atoms with Crippen LogP contribution in [0.1, 0.15) is 35.3 Å². The summed E-state index contributed by atoms with van der Waals surface area (Å²) >= 11 is 0. The molecule has 2 N–H and O–H groups in total. The number of amides is 1. The summed E-state index contributed by atoms with van der Waals surface area (Å²) in [4.78, 5) is 12.7. The van der Waals surface area contributed by atoms with Gasteiger partial charge >= 0.3 is 0 Å². The summed E-state index contributed by atoms with van der Waals surface area (Å²) in [5.41, 5.74) is 4.53. The van der Waals surface area contributed by atoms with E-state index < -0.39 is 0 Å². The highest BCUT2D eigenvalue weighted by molar-refractivity contribution is 5.99. The molecule has 4 heteroatoms. The molecule has 1 aromatic heterocycles. The zero-order valence-corrected chi connectivity index (χ0v) is 14.8. The lowest BCUT2D eigenvalue weighted by Gasteiger charge is -2.26. The van der Waals surface area contributed by atoms with Crippen LogP contribution in [0, 0.1) is 6.92 Å². The van der Waals surface area contributed by atoms with E-state index >= 15 is 0 Å². The van der Waals surface area contributed by atoms with Crippen LogP contribution in [-0.2, 0) is 5.41 Å². The van der Waals surface area contributed by atoms with Gasteiger partial charge in [0, 0.05) is 17.5 Å². The number of aryl methyl sites for hydroxylation is 1. The number of carbonyl (C=O) groups is 1. The van der Waals surface area contributed by atoms with Crippen LogP contribution in [0.4, 0.5) is 0 Å². The number of hydrogen-bond donors (Lipinski definition) is 2. The van der Waals surface area contributed by atoms with Gasteiger partial charge in [0.2, 0.25) is 0 Å². The Bertz CT molecular complexity index is 866. The highest BCUT2D eigenvalue weighted by atomic mass is 16.1. The largest absolute Gasteiger partial charge is 0.351 e. The predicted molar refractivity (Wildman–Crippen MR) is 101 cm³/mol. The second kappa shape index (κ2) is 6.93. The SMILES string of the molecule is Cc1cccc(C(C)(C)CNC(=O)c2cn[nH]c2-c2ccccc2)c1. The average Bonchev–Trinajstić information content (AvgIpc) is 3.10. The number of benzene rings is 2. The van der Waals surface area contributed by atoms with E-state index in [0.29, 0.717) is 12.1 Å². The first-order valence-electron chi connectivity index (χ1n) is 8.41. The van der Waals surface area contributed by atoms with E-state index in [-0.39, 0.29) is 11.3 Å². The lowest BCUT2D eigenvalue weighted by molar-refractivity contribution is 0.0946. The Morgan fingerprint density at radius 2 is 1.88 bits per heavy atom. The molecular formula is C21H23N3O. The second-order valence-electron chi connectivity index (χ2n) is 6.96. The van der Waals surface area contributed by atoms with Crippen molar-refractivity contribution in [3.63, 3.8) is 0 Å². The van der Waals surface area contributed by atoms with Crippen LogP contribution in [0.2, 0.25) is 0 Å². The molecule has 0 aliphatic carbocycles. The molecule has 0 saturated carbocycles. The lowest BCUT2D eigenvalue weighted by Crippen LogP contribution is -2.36. The maximum atomic E-state index is 12.7. The molecule has 0 aliphatic rings. The number of rotatable bonds is 5. The molecule has 0 radical (unpaired) electrons. The quantitative estimate of drug-likeness (QED) is 0.739. The van der Waals surface area contributed by atoms with Gasteiger partial charge in [-0.15, -0.1) is 0 Å². The Labute approximate surface area is 148 Å². The van der Waals surface area contributed by atoms with Gasteiger partial charge in [-0.1, -0.05) is 74.0 Å². The molecule has 25 heavy (non-hydrogen) atoms. The van der Waals surface area contributed by atoms with Crippen LogP contribution < -0.4 is 5.32 Å². The van der Waals surface area contributed by atoms with Crippen molar-refractivity contribution in [1.82, 2.24) is 15.5 Å². The minimum atomic E-state index is -0.154. The zero-order chi connectivity index (χ0) is 17.9. The van der Waals surface area contributed by atoms with Crippen molar-refractivity contribution >= 4 is 5.91 Å². The first kappa shape index (κ1) is 17.0. The van der Waals surface area contributed by atoms with Crippen LogP contribution in [0.5, 0.6) is 0 Å². The number of aromatic amines is 1. The third kappa shape index (κ3) is 3.79. The van der Waals surface area contributed by atoms with Crippen LogP contribution in [0.3, 0.4) is 0 Å². The summed E-state index contributed by atoms with van der Waals surface area (Å²) in [6.07, 6.45) is 1.58. The molecule has 3 rings (SSSR count). The molecule has 0 aliphatic heterocycles. The number of nitrogens with zero attached hydrogens (tertiary/aromatic N) is 1. The summed E-state index contributed by atoms with van der Waals surface area (Å²) in [5, 5.41) is 10.0. The van der Waals surface area contributed by atoms with Crippen molar-refractivity contribution in [2.75, 3.05) is 6.54 Å². The van der Waals surface area contributed by atoms with Gasteiger partial charge in [0.25, 0.3) is 5.91 Å². The molecule has 0 spiro atoms. The minimum absolute atomic E-state index is 0.117. The summed E-state index contributed by atoms with van der Waals surface area (Å²) in [6.45, 7) is 6.90. The molecule has 2 aromatic carbocycles. The number of carbonyl (C=O) groups excluding carboxylic acids is 1. The van der Waals surface area contributed by atoms with Gasteiger partial charge < -0.3 is 5.32 Å². The van der Waals surface area contributed by atoms with Gasteiger partial charge in [-0.05, 0) is 12.5 Å². The third-order valence-corrected chi connectivity index (χ3v) is 4.44. The maximum Gasteiger partial charge on any atom is 0.255 e. The first-order valence-corrected chi connectivity index (χ1v) is 8.41. The van der Waals surface area contributed by atoms with E-state index in [4.69, 9.17) is 0 Å². The van der Waals surface area contributed by atoms with Crippen molar-refractivity contribution in [1.29, 1.82) is 0 Å². The van der Waals surface area contributed by atoms with Crippen molar-refractivity contribution in [3.8, 4) is 11.3 Å². The summed E-state index contributed by atoms with van der Waals surface area (Å²) in [5.74, 6) is -0.117. The van der Waals surface area contributed by atoms with E-state index in [0.717, 1.165) is 11.3 Å². The number of H-pyrrole nitrogens is 1. The summed E-state index contributed by atoms with van der Waals surface area (Å²) in [6, 6.07) is 18.2. The normalized spacial score (nSPS) is 11.3. The maximum absolute atomic E-state index is 12.7. The molecule has 0 bridgehead atoms. The van der Waals surface area contributed by atoms with E-state index in [9.17, 15) is 4.79 Å². The van der Waals surface area contributed by atoms with Gasteiger partial charge in [-0.25, -0.2) is 0 Å². The van der Waals surface area contributed by atoms with E-state index in [2.05, 4.69) is 60.6 Å². The Morgan fingerprint density at radius 1 is 1.12 bits per heavy atom. The summed E-state index contributed by atoms with van der Waals surface area (Å²) in [7, 11) is 0. The molecule has 128 valence electrons. The fraction of sp³-hybridized carbons (Fsp3) is 0.238. The van der Waals surface area contributed by atoms with E-state index in [1.807, 2.05) is 30.3 Å². The molecule has 0 saturated heterocycles. The van der Waals surface area contributed by atoms with Gasteiger partial charge in [0.05, 0.1) is 17.5 Å². The van der Waals surface area contributed by atoms with Crippen LogP contribution in [0.25, 0.3) is 11.3 Å². The topological polar surface area (TPSA) is 57.8 Å². The van der Waals surface area contributed by atoms with Crippen molar-refractivity contribution in [2.45, 2.75) is 26.2 Å². The smallest absolute Gasteiger partial charge is 0.255 e. The Morgan fingerprint density at radius 3 is 2.60 bits per heavy atom. The Kier molecular flexibility index (Phi) is 4.70. The molecule has 0 atom stereocenters. The molecule has 4 nitrogen and oxygen atoms in total. The van der Waals surface area contributed by atoms with E-state index in [1.54, 1.807) is 6.20 Å². The molecule has 1 heterocycles. The van der Waals surface area contributed by atoms with Crippen LogP contribution in [0.15, 0.2) is 60.8 Å². The van der Waals surface area contributed by atoms with Gasteiger partial charge in [0.15, 0.2) is 0 Å². The van der Waals surface area contributed by atoms with Crippen molar-refractivity contribution in [2.24, 2.45) is 0 Å². The highest BCUT2D eigenvalue weighted by Gasteiger charge is 2.23. The number of aromatic nitrogens is 2. The predicted octanol–water partition coefficient (Wildman–Crippen LogP) is 4.09. The minimum Gasteiger partial charge on any atom is -0.351 e. The lowest BCUT2D eigenvalue weighted by atomic mass is 9.84. The van der Waals surface area contributed by atoms with Crippen molar-refractivity contribution in [3.05, 3.63) is 77.5 Å². The Hall–Kier alpha value is -2.88. The van der Waals surface area contributed by atoms with Crippen LogP contribution in [-0.4, -0.2) is 22.6 Å². The number of hydrogen-bond acceptors (Lipinski definition) is 2. The molecule has 0 fully saturated rings. The third-order valence-electron chi connectivity index (χ3n) is 4.44. The molecule has 0 unspecified atom stereocenters. The van der Waals surface area contributed by atoms with Gasteiger partial charge in [-0.2, -0.15) is 5.10 Å². The molecular weight excluding hydrogens is 310 g/mol. The fourth-order valence-electron chi connectivity index (χ4n) is 2.85. The number of nitrogens with one attached hydrogen (secondary N) is 2. The van der Waals surface area contributed by atoms with Gasteiger partial charge in [-0.3, -0.25) is 9.89 Å². The zero-order valence-electron chi connectivity index (χ0n) is 14.8. The molecule has 1 amide bonds. The first-order chi connectivity index (χ1) is 12.0. The van der Waals surface area contributed by atoms with E-state index in [1.165, 1.54) is 11.1 Å². The monoisotopic (exact) mass is 333 g/mol. The Balaban J connectivity index is 1.75. The average molecular weight is 333 g/mol. The molecule has 3 aromatic rings. The highest BCUT2D eigenvalue weighted by Crippen LogP contribution is 2.24. The standard InChI is InChI=1S/C21H23N3O/c1-15-8-7-11-17(12-15)21(2,3)14-22-20(25)18-13-23-24-19(18)16-9-5-4-6-10-16/h4-13H,14H2,1-3H3,(H,22,25)(H,23,24). The fourth-order valence-corrected chi connectivity index (χ4v) is 2.85.